The Bertz CT molecular complexity index is 666. The van der Waals surface area contributed by atoms with Crippen LogP contribution in [0.1, 0.15) is 39.2 Å². The lowest BCUT2D eigenvalue weighted by atomic mass is 9.55. The number of hydrogen-bond donors (Lipinski definition) is 3. The summed E-state index contributed by atoms with van der Waals surface area (Å²) in [5.41, 5.74) is 1.03. The van der Waals surface area contributed by atoms with Crippen LogP contribution in [0.2, 0.25) is 0 Å². The van der Waals surface area contributed by atoms with Gasteiger partial charge in [-0.25, -0.2) is 4.99 Å². The molecule has 27 heavy (non-hydrogen) atoms. The predicted molar refractivity (Wildman–Crippen MR) is 118 cm³/mol. The third-order valence-electron chi connectivity index (χ3n) is 5.63. The number of rotatable bonds is 5. The van der Waals surface area contributed by atoms with Crippen LogP contribution >= 0.6 is 24.0 Å². The van der Waals surface area contributed by atoms with Crippen LogP contribution in [0.4, 0.5) is 0 Å². The maximum absolute atomic E-state index is 9.93. The Balaban J connectivity index is 0.00000261. The van der Waals surface area contributed by atoms with Gasteiger partial charge in [-0.15, -0.1) is 24.0 Å². The fourth-order valence-corrected chi connectivity index (χ4v) is 4.29. The minimum absolute atomic E-state index is 0. The second kappa shape index (κ2) is 9.32. The zero-order valence-electron chi connectivity index (χ0n) is 16.6. The number of phenols is 1. The van der Waals surface area contributed by atoms with Gasteiger partial charge in [-0.2, -0.15) is 0 Å². The molecule has 3 atom stereocenters. The van der Waals surface area contributed by atoms with Crippen molar-refractivity contribution in [2.45, 2.75) is 52.3 Å². The average molecular weight is 489 g/mol. The van der Waals surface area contributed by atoms with Crippen LogP contribution in [0.5, 0.6) is 11.5 Å². The fraction of sp³-hybridized carbons (Fsp3) is 0.650. The smallest absolute Gasteiger partial charge is 0.191 e. The van der Waals surface area contributed by atoms with Crippen molar-refractivity contribution in [1.29, 1.82) is 0 Å². The lowest BCUT2D eigenvalue weighted by Crippen LogP contribution is -2.71. The summed E-state index contributed by atoms with van der Waals surface area (Å²) in [5.74, 6) is 1.97. The molecule has 6 nitrogen and oxygen atoms in total. The van der Waals surface area contributed by atoms with E-state index in [0.717, 1.165) is 31.1 Å². The van der Waals surface area contributed by atoms with Gasteiger partial charge in [-0.1, -0.05) is 19.9 Å². The van der Waals surface area contributed by atoms with E-state index in [4.69, 9.17) is 14.5 Å². The normalized spacial score (nSPS) is 26.2. The third kappa shape index (κ3) is 4.62. The van der Waals surface area contributed by atoms with Crippen LogP contribution in [0.15, 0.2) is 23.2 Å². The zero-order chi connectivity index (χ0) is 18.7. The molecule has 1 saturated carbocycles. The number of aromatic hydroxyl groups is 1. The van der Waals surface area contributed by atoms with Crippen molar-refractivity contribution < 1.29 is 14.6 Å². The maximum atomic E-state index is 9.93. The van der Waals surface area contributed by atoms with Crippen molar-refractivity contribution in [3.63, 3.8) is 0 Å². The van der Waals surface area contributed by atoms with Crippen molar-refractivity contribution >= 4 is 29.9 Å². The molecule has 1 heterocycles. The molecule has 1 saturated heterocycles. The van der Waals surface area contributed by atoms with Crippen LogP contribution in [0.25, 0.3) is 0 Å². The molecule has 0 aromatic heterocycles. The molecule has 0 radical (unpaired) electrons. The number of halogens is 1. The number of benzene rings is 1. The molecule has 0 amide bonds. The summed E-state index contributed by atoms with van der Waals surface area (Å²) in [6, 6.07) is 5.74. The largest absolute Gasteiger partial charge is 0.504 e. The van der Waals surface area contributed by atoms with Gasteiger partial charge in [0, 0.05) is 30.5 Å². The van der Waals surface area contributed by atoms with E-state index in [2.05, 4.69) is 31.4 Å². The first-order valence-corrected chi connectivity index (χ1v) is 9.49. The van der Waals surface area contributed by atoms with Crippen LogP contribution in [-0.2, 0) is 11.3 Å². The highest BCUT2D eigenvalue weighted by molar-refractivity contribution is 14.0. The van der Waals surface area contributed by atoms with Gasteiger partial charge in [-0.05, 0) is 37.5 Å². The molecule has 3 unspecified atom stereocenters. The van der Waals surface area contributed by atoms with Gasteiger partial charge in [0.15, 0.2) is 17.5 Å². The number of nitrogens with one attached hydrogen (secondary N) is 2. The van der Waals surface area contributed by atoms with Crippen LogP contribution in [-0.4, -0.2) is 43.5 Å². The molecule has 3 rings (SSSR count). The molecule has 3 N–H and O–H groups in total. The maximum Gasteiger partial charge on any atom is 0.191 e. The van der Waals surface area contributed by atoms with Gasteiger partial charge in [0.05, 0.1) is 19.8 Å². The fourth-order valence-electron chi connectivity index (χ4n) is 4.29. The van der Waals surface area contributed by atoms with E-state index in [1.165, 1.54) is 6.42 Å². The third-order valence-corrected chi connectivity index (χ3v) is 5.63. The molecule has 0 spiro atoms. The van der Waals surface area contributed by atoms with Gasteiger partial charge in [0.1, 0.15) is 0 Å². The quantitative estimate of drug-likeness (QED) is 0.337. The Morgan fingerprint density at radius 2 is 2.19 bits per heavy atom. The Kier molecular flexibility index (Phi) is 7.62. The second-order valence-electron chi connectivity index (χ2n) is 7.74. The highest BCUT2D eigenvalue weighted by Crippen LogP contribution is 2.51. The molecule has 2 aliphatic rings. The summed E-state index contributed by atoms with van der Waals surface area (Å²) in [6.45, 7) is 8.77. The summed E-state index contributed by atoms with van der Waals surface area (Å²) >= 11 is 0. The first-order chi connectivity index (χ1) is 12.5. The summed E-state index contributed by atoms with van der Waals surface area (Å²) < 4.78 is 11.1. The van der Waals surface area contributed by atoms with E-state index in [1.807, 2.05) is 6.07 Å². The number of fused-ring (bicyclic) bond motifs is 1. The molecule has 152 valence electrons. The Labute approximate surface area is 179 Å². The number of guanidine groups is 1. The predicted octanol–water partition coefficient (Wildman–Crippen LogP) is 3.28. The summed E-state index contributed by atoms with van der Waals surface area (Å²) in [7, 11) is 1.54. The van der Waals surface area contributed by atoms with E-state index in [-0.39, 0.29) is 35.1 Å². The first-order valence-electron chi connectivity index (χ1n) is 9.49. The van der Waals surface area contributed by atoms with Gasteiger partial charge in [-0.3, -0.25) is 0 Å². The van der Waals surface area contributed by atoms with E-state index in [9.17, 15) is 5.11 Å². The van der Waals surface area contributed by atoms with E-state index < -0.39 is 0 Å². The van der Waals surface area contributed by atoms with Crippen molar-refractivity contribution in [2.24, 2.45) is 16.3 Å². The lowest BCUT2D eigenvalue weighted by Gasteiger charge is -2.60. The number of methoxy groups -OCH3 is 1. The Hall–Kier alpha value is -1.22. The molecule has 0 bridgehead atoms. The minimum Gasteiger partial charge on any atom is -0.504 e. The van der Waals surface area contributed by atoms with Crippen molar-refractivity contribution in [2.75, 3.05) is 20.3 Å². The number of hydrogen-bond acceptors (Lipinski definition) is 4. The Morgan fingerprint density at radius 1 is 1.41 bits per heavy atom. The SMILES string of the molecule is CCNC(=NCc1ccc(OC)c(O)c1)NC1C2CCCOC2C1(C)C.I. The zero-order valence-corrected chi connectivity index (χ0v) is 18.9. The van der Waals surface area contributed by atoms with Gasteiger partial charge < -0.3 is 25.2 Å². The Morgan fingerprint density at radius 3 is 2.85 bits per heavy atom. The number of aliphatic imine (C=N–C) groups is 1. The number of nitrogens with zero attached hydrogens (tertiary/aromatic N) is 1. The monoisotopic (exact) mass is 489 g/mol. The summed E-state index contributed by atoms with van der Waals surface area (Å²) in [4.78, 5) is 4.71. The molecule has 2 fully saturated rings. The standard InChI is InChI=1S/C20H31N3O3.HI/c1-5-21-19(22-12-13-8-9-16(25-4)15(24)11-13)23-17-14-7-6-10-26-18(14)20(17,2)3;/h8-9,11,14,17-18,24H,5-7,10,12H2,1-4H3,(H2,21,22,23);1H. The van der Waals surface area contributed by atoms with Gasteiger partial charge >= 0.3 is 0 Å². The van der Waals surface area contributed by atoms with E-state index in [0.29, 0.717) is 30.4 Å². The molecule has 1 aromatic carbocycles. The molecule has 7 heteroatoms. The summed E-state index contributed by atoms with van der Waals surface area (Å²) in [6.07, 6.45) is 2.68. The van der Waals surface area contributed by atoms with Crippen LogP contribution in [0, 0.1) is 11.3 Å². The molecular formula is C20H32IN3O3. The molecule has 1 aliphatic heterocycles. The van der Waals surface area contributed by atoms with Crippen LogP contribution < -0.4 is 15.4 Å². The average Bonchev–Trinajstić information content (AvgIpc) is 2.64. The highest BCUT2D eigenvalue weighted by Gasteiger charge is 2.58. The molecular weight excluding hydrogens is 457 g/mol. The van der Waals surface area contributed by atoms with Crippen LogP contribution in [0.3, 0.4) is 0 Å². The van der Waals surface area contributed by atoms with E-state index in [1.54, 1.807) is 19.2 Å². The molecule has 1 aliphatic carbocycles. The lowest BCUT2D eigenvalue weighted by molar-refractivity contribution is -0.188. The number of phenolic OH excluding ortho intramolecular Hbond substituents is 1. The van der Waals surface area contributed by atoms with Crippen molar-refractivity contribution in [1.82, 2.24) is 10.6 Å². The van der Waals surface area contributed by atoms with E-state index >= 15 is 0 Å². The van der Waals surface area contributed by atoms with Gasteiger partial charge in [0.2, 0.25) is 0 Å². The topological polar surface area (TPSA) is 75.1 Å². The molecule has 1 aromatic rings. The number of ether oxygens (including phenoxy) is 2. The van der Waals surface area contributed by atoms with Gasteiger partial charge in [0.25, 0.3) is 0 Å². The van der Waals surface area contributed by atoms with Crippen molar-refractivity contribution in [3.8, 4) is 11.5 Å². The first kappa shape index (κ1) is 22.1. The minimum atomic E-state index is 0. The second-order valence-corrected chi connectivity index (χ2v) is 7.74. The summed E-state index contributed by atoms with van der Waals surface area (Å²) in [5, 5.41) is 16.9. The van der Waals surface area contributed by atoms with Crippen molar-refractivity contribution in [3.05, 3.63) is 23.8 Å². The highest BCUT2D eigenvalue weighted by atomic mass is 127.